The number of hydrogen-bond donors (Lipinski definition) is 3. The number of H-pyrrole nitrogens is 1. The first-order valence-electron chi connectivity index (χ1n) is 13.2. The molecule has 4 fully saturated rings. The largest absolute Gasteiger partial charge is 0.350 e. The highest BCUT2D eigenvalue weighted by atomic mass is 32.2. The molecule has 0 radical (unpaired) electrons. The van der Waals surface area contributed by atoms with Crippen molar-refractivity contribution >= 4 is 27.2 Å². The van der Waals surface area contributed by atoms with E-state index in [1.54, 1.807) is 0 Å². The summed E-state index contributed by atoms with van der Waals surface area (Å²) in [6.07, 6.45) is 6.47. The molecule has 2 atom stereocenters. The van der Waals surface area contributed by atoms with Gasteiger partial charge in [0.1, 0.15) is 11.3 Å². The van der Waals surface area contributed by atoms with E-state index in [-0.39, 0.29) is 41.1 Å². The van der Waals surface area contributed by atoms with E-state index in [2.05, 4.69) is 10.3 Å². The van der Waals surface area contributed by atoms with E-state index >= 15 is 0 Å². The first-order chi connectivity index (χ1) is 18.1. The smallest absolute Gasteiger partial charge is 0.332 e. The average molecular weight is 542 g/mol. The number of imidazole rings is 1. The minimum Gasteiger partial charge on any atom is -0.350 e. The maximum Gasteiger partial charge on any atom is 0.332 e. The third-order valence-electron chi connectivity index (χ3n) is 8.81. The molecule has 38 heavy (non-hydrogen) atoms. The molecule has 2 heterocycles. The van der Waals surface area contributed by atoms with Crippen molar-refractivity contribution < 1.29 is 17.8 Å². The molecule has 4 aliphatic rings. The molecule has 4 bridgehead atoms. The van der Waals surface area contributed by atoms with Gasteiger partial charge in [0, 0.05) is 30.6 Å². The monoisotopic (exact) mass is 541 g/mol. The predicted molar refractivity (Wildman–Crippen MR) is 139 cm³/mol. The molecular weight excluding hydrogens is 510 g/mol. The Morgan fingerprint density at radius 2 is 1.79 bits per heavy atom. The Balaban J connectivity index is 1.30. The molecule has 3 N–H and O–H groups in total. The Morgan fingerprint density at radius 1 is 1.11 bits per heavy atom. The van der Waals surface area contributed by atoms with Gasteiger partial charge in [-0.3, -0.25) is 23.3 Å². The van der Waals surface area contributed by atoms with Crippen LogP contribution in [0.15, 0.2) is 38.8 Å². The standard InChI is InChI=1S/C26H31N5O6S/c1-2-8-31-23(33)20-21(29-24(28-20)26-13-15-10-16(14-26)12-18(26)11-15)30(25(31)34)9-7-27-22(32)17-3-5-19(6-4-17)38(35,36)37/h3-6,15-16,18H,2,7-14H2,1H3,(H,27,32)(H,28,29)(H,35,36,37). The van der Waals surface area contributed by atoms with Gasteiger partial charge in [0.05, 0.1) is 4.90 Å². The number of rotatable bonds is 8. The highest BCUT2D eigenvalue weighted by Gasteiger charge is 2.59. The van der Waals surface area contributed by atoms with Crippen molar-refractivity contribution in [1.29, 1.82) is 0 Å². The fourth-order valence-corrected chi connectivity index (χ4v) is 7.85. The summed E-state index contributed by atoms with van der Waals surface area (Å²) in [5.41, 5.74) is 0.00940. The number of benzene rings is 1. The van der Waals surface area contributed by atoms with Gasteiger partial charge in [0.2, 0.25) is 0 Å². The number of amides is 1. The van der Waals surface area contributed by atoms with Crippen LogP contribution in [0, 0.1) is 17.8 Å². The molecule has 2 aromatic heterocycles. The van der Waals surface area contributed by atoms with E-state index in [0.717, 1.165) is 30.8 Å². The maximum absolute atomic E-state index is 13.4. The maximum atomic E-state index is 13.4. The number of hydrogen-bond acceptors (Lipinski definition) is 6. The lowest BCUT2D eigenvalue weighted by molar-refractivity contribution is 0.0952. The summed E-state index contributed by atoms with van der Waals surface area (Å²) in [4.78, 5) is 47.2. The highest BCUT2D eigenvalue weighted by Crippen LogP contribution is 2.65. The van der Waals surface area contributed by atoms with Gasteiger partial charge in [-0.2, -0.15) is 8.42 Å². The van der Waals surface area contributed by atoms with Crippen LogP contribution in [-0.4, -0.2) is 44.5 Å². The number of aromatic amines is 1. The van der Waals surface area contributed by atoms with Gasteiger partial charge >= 0.3 is 5.69 Å². The van der Waals surface area contributed by atoms with Crippen molar-refractivity contribution in [3.63, 3.8) is 0 Å². The minimum atomic E-state index is -4.35. The fraction of sp³-hybridized carbons (Fsp3) is 0.538. The van der Waals surface area contributed by atoms with Crippen molar-refractivity contribution in [3.8, 4) is 0 Å². The Morgan fingerprint density at radius 3 is 2.42 bits per heavy atom. The SMILES string of the molecule is CCCn1c(=O)c2[nH]c(C34CC5CC(CC3C5)C4)nc2n(CCNC(=O)c2ccc(S(=O)(=O)O)cc2)c1=O. The lowest BCUT2D eigenvalue weighted by Crippen LogP contribution is -2.41. The number of aromatic nitrogens is 4. The molecule has 4 aliphatic carbocycles. The first kappa shape index (κ1) is 25.1. The third kappa shape index (κ3) is 3.92. The summed E-state index contributed by atoms with van der Waals surface area (Å²) < 4.78 is 34.3. The summed E-state index contributed by atoms with van der Waals surface area (Å²) in [5.74, 6) is 2.35. The molecule has 202 valence electrons. The van der Waals surface area contributed by atoms with Crippen LogP contribution in [0.4, 0.5) is 0 Å². The summed E-state index contributed by atoms with van der Waals surface area (Å²) in [5, 5.41) is 2.74. The Bertz CT molecular complexity index is 1640. The molecule has 12 heteroatoms. The van der Waals surface area contributed by atoms with Crippen molar-refractivity contribution in [2.24, 2.45) is 17.8 Å². The number of carbonyl (C=O) groups excluding carboxylic acids is 1. The summed E-state index contributed by atoms with van der Waals surface area (Å²) in [6.45, 7) is 2.39. The number of carbonyl (C=O) groups is 1. The van der Waals surface area contributed by atoms with Crippen LogP contribution in [0.3, 0.4) is 0 Å². The Hall–Kier alpha value is -3.25. The summed E-state index contributed by atoms with van der Waals surface area (Å²) in [6, 6.07) is 4.89. The lowest BCUT2D eigenvalue weighted by atomic mass is 9.75. The zero-order valence-electron chi connectivity index (χ0n) is 21.1. The molecule has 3 aromatic rings. The van der Waals surface area contributed by atoms with Crippen LogP contribution < -0.4 is 16.6 Å². The first-order valence-corrected chi connectivity index (χ1v) is 14.6. The fourth-order valence-electron chi connectivity index (χ4n) is 7.37. The molecule has 11 nitrogen and oxygen atoms in total. The molecule has 0 spiro atoms. The predicted octanol–water partition coefficient (Wildman–Crippen LogP) is 2.05. The molecular formula is C26H31N5O6S. The van der Waals surface area contributed by atoms with Crippen molar-refractivity contribution in [2.45, 2.75) is 68.8 Å². The van der Waals surface area contributed by atoms with Gasteiger partial charge in [0.25, 0.3) is 21.6 Å². The topological polar surface area (TPSA) is 156 Å². The zero-order valence-corrected chi connectivity index (χ0v) is 22.0. The molecule has 1 aromatic carbocycles. The molecule has 4 saturated carbocycles. The molecule has 7 rings (SSSR count). The van der Waals surface area contributed by atoms with Gasteiger partial charge in [-0.25, -0.2) is 9.78 Å². The highest BCUT2D eigenvalue weighted by molar-refractivity contribution is 7.85. The van der Waals surface area contributed by atoms with Gasteiger partial charge < -0.3 is 10.3 Å². The van der Waals surface area contributed by atoms with Crippen LogP contribution >= 0.6 is 0 Å². The summed E-state index contributed by atoms with van der Waals surface area (Å²) in [7, 11) is -4.35. The molecule has 2 unspecified atom stereocenters. The second-order valence-corrected chi connectivity index (χ2v) is 12.6. The zero-order chi connectivity index (χ0) is 26.8. The van der Waals surface area contributed by atoms with Crippen LogP contribution in [-0.2, 0) is 28.6 Å². The van der Waals surface area contributed by atoms with Crippen LogP contribution in [0.25, 0.3) is 11.2 Å². The van der Waals surface area contributed by atoms with Gasteiger partial charge in [0.15, 0.2) is 5.65 Å². The quantitative estimate of drug-likeness (QED) is 0.369. The van der Waals surface area contributed by atoms with Crippen LogP contribution in [0.2, 0.25) is 0 Å². The average Bonchev–Trinajstić information content (AvgIpc) is 3.51. The van der Waals surface area contributed by atoms with Crippen LogP contribution in [0.5, 0.6) is 0 Å². The molecule has 0 aliphatic heterocycles. The molecule has 1 amide bonds. The van der Waals surface area contributed by atoms with E-state index in [1.165, 1.54) is 40.5 Å². The summed E-state index contributed by atoms with van der Waals surface area (Å²) >= 11 is 0. The van der Waals surface area contributed by atoms with E-state index < -0.39 is 21.7 Å². The van der Waals surface area contributed by atoms with Crippen molar-refractivity contribution in [1.82, 2.24) is 24.4 Å². The Labute approximate surface area is 219 Å². The lowest BCUT2D eigenvalue weighted by Gasteiger charge is -2.30. The number of nitrogens with one attached hydrogen (secondary N) is 2. The Kier molecular flexibility index (Phi) is 5.87. The van der Waals surface area contributed by atoms with E-state index in [1.807, 2.05) is 6.92 Å². The van der Waals surface area contributed by atoms with Crippen molar-refractivity contribution in [2.75, 3.05) is 6.54 Å². The number of nitrogens with zero attached hydrogens (tertiary/aromatic N) is 3. The van der Waals surface area contributed by atoms with Gasteiger partial charge in [-0.15, -0.1) is 0 Å². The second-order valence-electron chi connectivity index (χ2n) is 11.1. The van der Waals surface area contributed by atoms with Gasteiger partial charge in [-0.1, -0.05) is 6.92 Å². The van der Waals surface area contributed by atoms with Crippen molar-refractivity contribution in [3.05, 3.63) is 56.5 Å². The second kappa shape index (κ2) is 8.91. The third-order valence-corrected chi connectivity index (χ3v) is 9.67. The minimum absolute atomic E-state index is 0.0437. The van der Waals surface area contributed by atoms with Crippen LogP contribution in [0.1, 0.15) is 61.6 Å². The molecule has 0 saturated heterocycles. The van der Waals surface area contributed by atoms with E-state index in [4.69, 9.17) is 9.54 Å². The number of fused-ring (bicyclic) bond motifs is 1. The normalized spacial score (nSPS) is 25.9. The van der Waals surface area contributed by atoms with E-state index in [0.29, 0.717) is 35.3 Å². The van der Waals surface area contributed by atoms with Gasteiger partial charge in [-0.05, 0) is 80.5 Å². The van der Waals surface area contributed by atoms with E-state index in [9.17, 15) is 22.8 Å².